The van der Waals surface area contributed by atoms with Crippen molar-refractivity contribution in [2.24, 2.45) is 0 Å². The third-order valence-electron chi connectivity index (χ3n) is 3.20. The van der Waals surface area contributed by atoms with Crippen LogP contribution in [0, 0.1) is 0 Å². The lowest BCUT2D eigenvalue weighted by molar-refractivity contribution is 0.0721. The van der Waals surface area contributed by atoms with Crippen molar-refractivity contribution in [2.75, 3.05) is 31.3 Å². The highest BCUT2D eigenvalue weighted by Crippen LogP contribution is 2.27. The van der Waals surface area contributed by atoms with Gasteiger partial charge in [-0.05, 0) is 0 Å². The Morgan fingerprint density at radius 1 is 1.50 bits per heavy atom. The van der Waals surface area contributed by atoms with Gasteiger partial charge in [-0.15, -0.1) is 11.3 Å². The summed E-state index contributed by atoms with van der Waals surface area (Å²) >= 11 is 1.53. The highest BCUT2D eigenvalue weighted by Gasteiger charge is 2.27. The molecule has 18 heavy (non-hydrogen) atoms. The number of thiazole rings is 1. The molecule has 3 heterocycles. The Balaban J connectivity index is 2.03. The number of hydrogen-bond acceptors (Lipinski definition) is 6. The van der Waals surface area contributed by atoms with Gasteiger partial charge in [0.1, 0.15) is 0 Å². The first-order valence-electron chi connectivity index (χ1n) is 5.85. The number of fused-ring (bicyclic) bond motifs is 1. The standard InChI is InChI=1S/C11H15N3O3S/c15-5-8-7-17-3-1-13(8)10-9(6-16)14-2-4-18-11(14)12-10/h2,4,8,15-16H,1,3,5-7H2. The largest absolute Gasteiger partial charge is 0.394 e. The van der Waals surface area contributed by atoms with Crippen LogP contribution in [-0.2, 0) is 11.3 Å². The molecule has 2 aromatic rings. The number of aromatic nitrogens is 2. The molecular formula is C11H15N3O3S. The summed E-state index contributed by atoms with van der Waals surface area (Å²) in [5.74, 6) is 0.756. The van der Waals surface area contributed by atoms with Gasteiger partial charge in [-0.25, -0.2) is 4.98 Å². The first-order chi connectivity index (χ1) is 8.85. The van der Waals surface area contributed by atoms with E-state index in [0.717, 1.165) is 16.5 Å². The van der Waals surface area contributed by atoms with Gasteiger partial charge in [0.15, 0.2) is 10.8 Å². The number of aliphatic hydroxyl groups is 2. The fourth-order valence-electron chi connectivity index (χ4n) is 2.28. The molecule has 1 aliphatic heterocycles. The second kappa shape index (κ2) is 4.85. The lowest BCUT2D eigenvalue weighted by Gasteiger charge is -2.35. The Labute approximate surface area is 108 Å². The number of rotatable bonds is 3. The van der Waals surface area contributed by atoms with Crippen molar-refractivity contribution >= 4 is 22.1 Å². The fraction of sp³-hybridized carbons (Fsp3) is 0.545. The van der Waals surface area contributed by atoms with E-state index in [2.05, 4.69) is 4.98 Å². The van der Waals surface area contributed by atoms with Crippen LogP contribution in [0.1, 0.15) is 5.69 Å². The van der Waals surface area contributed by atoms with Gasteiger partial charge in [-0.1, -0.05) is 0 Å². The van der Waals surface area contributed by atoms with Gasteiger partial charge < -0.3 is 19.8 Å². The normalized spacial score (nSPS) is 20.8. The van der Waals surface area contributed by atoms with Crippen LogP contribution in [0.25, 0.3) is 4.96 Å². The van der Waals surface area contributed by atoms with Crippen LogP contribution >= 0.6 is 11.3 Å². The molecule has 0 bridgehead atoms. The van der Waals surface area contributed by atoms with Gasteiger partial charge in [0.2, 0.25) is 0 Å². The maximum absolute atomic E-state index is 9.54. The van der Waals surface area contributed by atoms with Crippen LogP contribution in [-0.4, -0.2) is 52.0 Å². The lowest BCUT2D eigenvalue weighted by atomic mass is 10.2. The molecule has 0 aromatic carbocycles. The maximum Gasteiger partial charge on any atom is 0.195 e. The van der Waals surface area contributed by atoms with E-state index in [1.54, 1.807) is 0 Å². The summed E-state index contributed by atoms with van der Waals surface area (Å²) in [6, 6.07) is -0.0892. The van der Waals surface area contributed by atoms with Crippen molar-refractivity contribution in [1.82, 2.24) is 9.38 Å². The van der Waals surface area contributed by atoms with Crippen LogP contribution in [0.2, 0.25) is 0 Å². The number of ether oxygens (including phenoxy) is 1. The quantitative estimate of drug-likeness (QED) is 0.826. The second-order valence-corrected chi connectivity index (χ2v) is 5.07. The first kappa shape index (κ1) is 11.9. The minimum atomic E-state index is -0.0892. The molecule has 0 radical (unpaired) electrons. The molecule has 2 N–H and O–H groups in total. The highest BCUT2D eigenvalue weighted by molar-refractivity contribution is 7.15. The van der Waals surface area contributed by atoms with Gasteiger partial charge in [0.05, 0.1) is 38.2 Å². The van der Waals surface area contributed by atoms with E-state index in [1.807, 2.05) is 20.9 Å². The van der Waals surface area contributed by atoms with Gasteiger partial charge in [0.25, 0.3) is 0 Å². The maximum atomic E-state index is 9.54. The molecule has 0 spiro atoms. The van der Waals surface area contributed by atoms with E-state index in [1.165, 1.54) is 11.3 Å². The number of imidazole rings is 1. The molecule has 1 saturated heterocycles. The minimum absolute atomic E-state index is 0.0239. The van der Waals surface area contributed by atoms with Crippen LogP contribution in [0.5, 0.6) is 0 Å². The Morgan fingerprint density at radius 3 is 3.17 bits per heavy atom. The van der Waals surface area contributed by atoms with Gasteiger partial charge in [0, 0.05) is 18.1 Å². The van der Waals surface area contributed by atoms with Crippen LogP contribution in [0.15, 0.2) is 11.6 Å². The molecule has 1 fully saturated rings. The molecular weight excluding hydrogens is 254 g/mol. The van der Waals surface area contributed by atoms with Crippen molar-refractivity contribution in [2.45, 2.75) is 12.6 Å². The highest BCUT2D eigenvalue weighted by atomic mass is 32.1. The monoisotopic (exact) mass is 269 g/mol. The molecule has 0 aliphatic carbocycles. The van der Waals surface area contributed by atoms with Crippen molar-refractivity contribution in [3.8, 4) is 0 Å². The third-order valence-corrected chi connectivity index (χ3v) is 3.96. The molecule has 1 unspecified atom stereocenters. The zero-order chi connectivity index (χ0) is 12.5. The summed E-state index contributed by atoms with van der Waals surface area (Å²) in [4.78, 5) is 7.43. The fourth-order valence-corrected chi connectivity index (χ4v) is 3.01. The van der Waals surface area contributed by atoms with Crippen LogP contribution in [0.4, 0.5) is 5.82 Å². The number of morpholine rings is 1. The summed E-state index contributed by atoms with van der Waals surface area (Å²) in [5, 5.41) is 20.9. The number of hydrogen-bond donors (Lipinski definition) is 2. The first-order valence-corrected chi connectivity index (χ1v) is 6.73. The van der Waals surface area contributed by atoms with Crippen LogP contribution in [0.3, 0.4) is 0 Å². The summed E-state index contributed by atoms with van der Waals surface area (Å²) < 4.78 is 7.25. The predicted molar refractivity (Wildman–Crippen MR) is 68.0 cm³/mol. The van der Waals surface area contributed by atoms with Crippen molar-refractivity contribution < 1.29 is 14.9 Å². The van der Waals surface area contributed by atoms with E-state index in [9.17, 15) is 10.2 Å². The smallest absolute Gasteiger partial charge is 0.195 e. The Morgan fingerprint density at radius 2 is 2.39 bits per heavy atom. The molecule has 1 aliphatic rings. The molecule has 1 atom stereocenters. The SMILES string of the molecule is OCc1c(N2CCOCC2CO)nc2sccn12. The predicted octanol–water partition coefficient (Wildman–Crippen LogP) is 0.0856. The van der Waals surface area contributed by atoms with Gasteiger partial charge >= 0.3 is 0 Å². The summed E-state index contributed by atoms with van der Waals surface area (Å²) in [6.07, 6.45) is 1.90. The Kier molecular flexibility index (Phi) is 3.21. The van der Waals surface area contributed by atoms with Crippen molar-refractivity contribution in [3.63, 3.8) is 0 Å². The Hall–Kier alpha value is -1.15. The van der Waals surface area contributed by atoms with E-state index >= 15 is 0 Å². The van der Waals surface area contributed by atoms with E-state index in [0.29, 0.717) is 19.8 Å². The third kappa shape index (κ3) is 1.79. The summed E-state index contributed by atoms with van der Waals surface area (Å²) in [7, 11) is 0. The molecule has 2 aromatic heterocycles. The second-order valence-electron chi connectivity index (χ2n) is 4.20. The average Bonchev–Trinajstić information content (AvgIpc) is 2.98. The molecule has 7 heteroatoms. The molecule has 98 valence electrons. The number of nitrogens with zero attached hydrogens (tertiary/aromatic N) is 3. The molecule has 0 amide bonds. The summed E-state index contributed by atoms with van der Waals surface area (Å²) in [5.41, 5.74) is 0.770. The number of aliphatic hydroxyl groups excluding tert-OH is 2. The van der Waals surface area contributed by atoms with Crippen molar-refractivity contribution in [3.05, 3.63) is 17.3 Å². The van der Waals surface area contributed by atoms with E-state index in [-0.39, 0.29) is 19.3 Å². The van der Waals surface area contributed by atoms with Crippen molar-refractivity contribution in [1.29, 1.82) is 0 Å². The minimum Gasteiger partial charge on any atom is -0.394 e. The van der Waals surface area contributed by atoms with Gasteiger partial charge in [-0.2, -0.15) is 0 Å². The molecule has 6 nitrogen and oxygen atoms in total. The lowest BCUT2D eigenvalue weighted by Crippen LogP contribution is -2.48. The number of anilines is 1. The average molecular weight is 269 g/mol. The molecule has 0 saturated carbocycles. The van der Waals surface area contributed by atoms with Gasteiger partial charge in [-0.3, -0.25) is 4.40 Å². The van der Waals surface area contributed by atoms with Crippen LogP contribution < -0.4 is 4.90 Å². The Bertz CT molecular complexity index is 539. The van der Waals surface area contributed by atoms with E-state index in [4.69, 9.17) is 4.74 Å². The zero-order valence-electron chi connectivity index (χ0n) is 9.82. The van der Waals surface area contributed by atoms with E-state index < -0.39 is 0 Å². The summed E-state index contributed by atoms with van der Waals surface area (Å²) in [6.45, 7) is 1.75. The topological polar surface area (TPSA) is 70.2 Å². The zero-order valence-corrected chi connectivity index (χ0v) is 10.6. The molecule has 3 rings (SSSR count).